The number of benzene rings is 2. The van der Waals surface area contributed by atoms with Crippen LogP contribution in [-0.4, -0.2) is 23.8 Å². The lowest BCUT2D eigenvalue weighted by molar-refractivity contribution is 0.0698. The largest absolute Gasteiger partial charge is 0.478 e. The van der Waals surface area contributed by atoms with Gasteiger partial charge in [0.15, 0.2) is 0 Å². The SMILES string of the molecule is CC.CC/C=C1C(C)=C(/C2=C\CC(C)C(C=NCC)=C(C)C=C2)Oc2c/1cc(C)cc2C(C)Nc1ccccc1C(=O)O. The van der Waals surface area contributed by atoms with Crippen molar-refractivity contribution in [2.45, 2.75) is 81.2 Å². The number of nitrogens with one attached hydrogen (secondary N) is 1. The highest BCUT2D eigenvalue weighted by atomic mass is 16.5. The number of nitrogens with zero attached hydrogens (tertiary/aromatic N) is 1. The number of anilines is 1. The highest BCUT2D eigenvalue weighted by Crippen LogP contribution is 2.46. The summed E-state index contributed by atoms with van der Waals surface area (Å²) < 4.78 is 6.86. The van der Waals surface area contributed by atoms with Gasteiger partial charge in [0, 0.05) is 35.1 Å². The van der Waals surface area contributed by atoms with Crippen LogP contribution in [-0.2, 0) is 0 Å². The van der Waals surface area contributed by atoms with E-state index in [9.17, 15) is 9.90 Å². The fourth-order valence-electron chi connectivity index (χ4n) is 5.57. The maximum absolute atomic E-state index is 11.9. The minimum atomic E-state index is -0.956. The predicted octanol–water partition coefficient (Wildman–Crippen LogP) is 10.3. The fraction of sp³-hybridized carbons (Fsp3) is 0.368. The molecule has 5 nitrogen and oxygen atoms in total. The molecule has 1 heterocycles. The fourth-order valence-corrected chi connectivity index (χ4v) is 5.57. The molecule has 0 bridgehead atoms. The number of ether oxygens (including phenoxy) is 1. The Morgan fingerprint density at radius 1 is 1.14 bits per heavy atom. The minimum Gasteiger partial charge on any atom is -0.478 e. The van der Waals surface area contributed by atoms with E-state index in [0.717, 1.165) is 58.7 Å². The number of fused-ring (bicyclic) bond motifs is 1. The third kappa shape index (κ3) is 7.64. The normalized spacial score (nSPS) is 19.5. The van der Waals surface area contributed by atoms with E-state index in [0.29, 0.717) is 11.6 Å². The van der Waals surface area contributed by atoms with Crippen LogP contribution in [0.3, 0.4) is 0 Å². The van der Waals surface area contributed by atoms with Gasteiger partial charge in [-0.25, -0.2) is 4.79 Å². The second-order valence-electron chi connectivity index (χ2n) is 10.9. The van der Waals surface area contributed by atoms with Gasteiger partial charge >= 0.3 is 5.97 Å². The lowest BCUT2D eigenvalue weighted by atomic mass is 9.86. The highest BCUT2D eigenvalue weighted by molar-refractivity contribution is 5.94. The summed E-state index contributed by atoms with van der Waals surface area (Å²) >= 11 is 0. The first-order valence-electron chi connectivity index (χ1n) is 15.6. The van der Waals surface area contributed by atoms with Crippen LogP contribution in [0.1, 0.15) is 101 Å². The monoisotopic (exact) mass is 580 g/mol. The van der Waals surface area contributed by atoms with Crippen LogP contribution in [0.4, 0.5) is 5.69 Å². The van der Waals surface area contributed by atoms with Gasteiger partial charge < -0.3 is 15.2 Å². The third-order valence-corrected chi connectivity index (χ3v) is 7.77. The number of para-hydroxylation sites is 1. The molecule has 5 heteroatoms. The first-order chi connectivity index (χ1) is 20.7. The molecule has 0 amide bonds. The van der Waals surface area contributed by atoms with Gasteiger partial charge in [0.25, 0.3) is 0 Å². The van der Waals surface area contributed by atoms with Crippen LogP contribution in [0, 0.1) is 12.8 Å². The van der Waals surface area contributed by atoms with Crippen LogP contribution in [0.15, 0.2) is 93.7 Å². The van der Waals surface area contributed by atoms with Crippen LogP contribution in [0.2, 0.25) is 0 Å². The first kappa shape index (κ1) is 33.4. The summed E-state index contributed by atoms with van der Waals surface area (Å²) in [7, 11) is 0. The van der Waals surface area contributed by atoms with E-state index in [1.807, 2.05) is 32.2 Å². The van der Waals surface area contributed by atoms with Crippen LogP contribution < -0.4 is 10.1 Å². The number of aromatic carboxylic acids is 1. The second kappa shape index (κ2) is 15.4. The van der Waals surface area contributed by atoms with Crippen molar-refractivity contribution in [3.63, 3.8) is 0 Å². The molecule has 228 valence electrons. The zero-order valence-electron chi connectivity index (χ0n) is 27.3. The van der Waals surface area contributed by atoms with Gasteiger partial charge in [-0.15, -0.1) is 0 Å². The molecule has 2 unspecified atom stereocenters. The van der Waals surface area contributed by atoms with Crippen molar-refractivity contribution in [2.75, 3.05) is 11.9 Å². The molecule has 4 rings (SSSR count). The Kier molecular flexibility index (Phi) is 11.9. The van der Waals surface area contributed by atoms with E-state index in [4.69, 9.17) is 4.74 Å². The molecule has 43 heavy (non-hydrogen) atoms. The molecule has 2 aromatic carbocycles. The number of aliphatic imine (C=N–C) groups is 1. The summed E-state index contributed by atoms with van der Waals surface area (Å²) in [6, 6.07) is 11.1. The quantitative estimate of drug-likeness (QED) is 0.305. The van der Waals surface area contributed by atoms with E-state index >= 15 is 0 Å². The van der Waals surface area contributed by atoms with Crippen molar-refractivity contribution in [3.05, 3.63) is 111 Å². The first-order valence-corrected chi connectivity index (χ1v) is 15.6. The summed E-state index contributed by atoms with van der Waals surface area (Å²) in [6.07, 6.45) is 12.7. The molecule has 0 radical (unpaired) electrons. The molecule has 2 N–H and O–H groups in total. The Morgan fingerprint density at radius 3 is 2.53 bits per heavy atom. The van der Waals surface area contributed by atoms with Gasteiger partial charge in [0.05, 0.1) is 11.6 Å². The highest BCUT2D eigenvalue weighted by Gasteiger charge is 2.28. The summed E-state index contributed by atoms with van der Waals surface area (Å²) in [6.45, 7) is 19.7. The van der Waals surface area contributed by atoms with Gasteiger partial charge in [-0.05, 0) is 99.4 Å². The summed E-state index contributed by atoms with van der Waals surface area (Å²) in [4.78, 5) is 16.4. The maximum Gasteiger partial charge on any atom is 0.337 e. The zero-order chi connectivity index (χ0) is 31.7. The van der Waals surface area contributed by atoms with Crippen molar-refractivity contribution in [2.24, 2.45) is 10.9 Å². The lowest BCUT2D eigenvalue weighted by Gasteiger charge is -2.30. The molecule has 1 aliphatic carbocycles. The molecule has 2 atom stereocenters. The molecule has 0 spiro atoms. The van der Waals surface area contributed by atoms with Crippen molar-refractivity contribution in [1.29, 1.82) is 0 Å². The number of hydrogen-bond acceptors (Lipinski definition) is 4. The van der Waals surface area contributed by atoms with Gasteiger partial charge in [-0.2, -0.15) is 0 Å². The van der Waals surface area contributed by atoms with Crippen molar-refractivity contribution in [1.82, 2.24) is 0 Å². The Morgan fingerprint density at radius 2 is 1.86 bits per heavy atom. The number of hydrogen-bond donors (Lipinski definition) is 2. The van der Waals surface area contributed by atoms with Crippen molar-refractivity contribution < 1.29 is 14.6 Å². The summed E-state index contributed by atoms with van der Waals surface area (Å²) in [5.74, 6) is 1.06. The molecule has 0 aromatic heterocycles. The number of rotatable bonds is 8. The third-order valence-electron chi connectivity index (χ3n) is 7.77. The van der Waals surface area contributed by atoms with Gasteiger partial charge in [0.1, 0.15) is 11.5 Å². The molecular formula is C38H48N2O3. The summed E-state index contributed by atoms with van der Waals surface area (Å²) in [5, 5.41) is 13.2. The van der Waals surface area contributed by atoms with E-state index in [-0.39, 0.29) is 11.6 Å². The van der Waals surface area contributed by atoms with E-state index in [1.165, 1.54) is 16.7 Å². The number of carboxylic acid groups (broad SMARTS) is 1. The van der Waals surface area contributed by atoms with Gasteiger partial charge in [0.2, 0.25) is 0 Å². The molecule has 2 aromatic rings. The number of carbonyl (C=O) groups is 1. The Bertz CT molecular complexity index is 1520. The number of carboxylic acids is 1. The van der Waals surface area contributed by atoms with Crippen molar-refractivity contribution in [3.8, 4) is 5.75 Å². The second-order valence-corrected chi connectivity index (χ2v) is 10.9. The maximum atomic E-state index is 11.9. The van der Waals surface area contributed by atoms with Crippen LogP contribution in [0.5, 0.6) is 5.75 Å². The van der Waals surface area contributed by atoms with Crippen molar-refractivity contribution >= 4 is 23.4 Å². The lowest BCUT2D eigenvalue weighted by Crippen LogP contribution is -2.17. The number of aryl methyl sites for hydroxylation is 1. The molecule has 0 fully saturated rings. The smallest absolute Gasteiger partial charge is 0.337 e. The van der Waals surface area contributed by atoms with Gasteiger partial charge in [-0.3, -0.25) is 4.99 Å². The number of allylic oxidation sites excluding steroid dienone is 8. The van der Waals surface area contributed by atoms with E-state index in [1.54, 1.807) is 12.1 Å². The van der Waals surface area contributed by atoms with E-state index < -0.39 is 5.97 Å². The Balaban J connectivity index is 0.00000248. The standard InChI is InChI=1S/C36H42N2O3.C2H6/c1-8-12-28-25(6)34(27-17-15-23(4)32(21-37-9-2)24(5)16-18-27)41-35-30(19-22(3)20-31(28)35)26(7)38-33-14-11-10-13-29(33)36(39)40;1-2/h10-15,17-21,24,26,38H,8-9,16H2,1-7H3,(H,39,40);1-2H3/b17-15?,27-18-,28-12-,32-23?,37-21?;. The van der Waals surface area contributed by atoms with Gasteiger partial charge in [-0.1, -0.05) is 70.2 Å². The molecule has 0 saturated carbocycles. The molecule has 1 aliphatic heterocycles. The minimum absolute atomic E-state index is 0.195. The average molecular weight is 581 g/mol. The molecule has 0 saturated heterocycles. The zero-order valence-corrected chi connectivity index (χ0v) is 27.3. The predicted molar refractivity (Wildman–Crippen MR) is 182 cm³/mol. The molecular weight excluding hydrogens is 532 g/mol. The topological polar surface area (TPSA) is 70.9 Å². The average Bonchev–Trinajstić information content (AvgIpc) is 2.99. The molecule has 2 aliphatic rings. The Labute approximate surface area is 258 Å². The summed E-state index contributed by atoms with van der Waals surface area (Å²) in [5.41, 5.74) is 9.86. The Hall–Kier alpha value is -4.12. The van der Waals surface area contributed by atoms with Crippen LogP contribution >= 0.6 is 0 Å². The van der Waals surface area contributed by atoms with Crippen LogP contribution in [0.25, 0.3) is 5.57 Å². The van der Waals surface area contributed by atoms with E-state index in [2.05, 4.69) is 95.2 Å².